The molecule has 1 saturated heterocycles. The molecule has 17 heavy (non-hydrogen) atoms. The van der Waals surface area contributed by atoms with Crippen molar-refractivity contribution in [1.29, 1.82) is 0 Å². The Labute approximate surface area is 113 Å². The smallest absolute Gasteiger partial charge is 0.220 e. The summed E-state index contributed by atoms with van der Waals surface area (Å²) in [5.74, 6) is 3.16. The maximum atomic E-state index is 11.7. The molecule has 0 aromatic rings. The molecule has 5 heteroatoms. The quantitative estimate of drug-likeness (QED) is 0.727. The van der Waals surface area contributed by atoms with E-state index >= 15 is 0 Å². The second-order valence-electron chi connectivity index (χ2n) is 4.45. The van der Waals surface area contributed by atoms with Crippen LogP contribution >= 0.6 is 23.4 Å². The number of nitrogens with one attached hydrogen (secondary N) is 1. The van der Waals surface area contributed by atoms with Gasteiger partial charge in [0.15, 0.2) is 0 Å². The van der Waals surface area contributed by atoms with Gasteiger partial charge in [0.2, 0.25) is 5.91 Å². The van der Waals surface area contributed by atoms with Gasteiger partial charge in [0.25, 0.3) is 0 Å². The van der Waals surface area contributed by atoms with Crippen molar-refractivity contribution in [2.45, 2.75) is 31.1 Å². The molecule has 1 aliphatic rings. The van der Waals surface area contributed by atoms with E-state index < -0.39 is 0 Å². The standard InChI is InChI=1S/C12H22ClNO2S/c1-16-9-11(13)2-5-14-12(15)8-10-3-6-17-7-4-10/h10-11H,2-9H2,1H3,(H,14,15). The largest absolute Gasteiger partial charge is 0.383 e. The number of thioether (sulfide) groups is 1. The van der Waals surface area contributed by atoms with Crippen molar-refractivity contribution in [2.24, 2.45) is 5.92 Å². The van der Waals surface area contributed by atoms with Gasteiger partial charge in [-0.15, -0.1) is 11.6 Å². The van der Waals surface area contributed by atoms with E-state index in [0.29, 0.717) is 25.5 Å². The molecule has 1 rings (SSSR count). The van der Waals surface area contributed by atoms with Crippen molar-refractivity contribution >= 4 is 29.3 Å². The molecule has 0 saturated carbocycles. The third kappa shape index (κ3) is 7.17. The van der Waals surface area contributed by atoms with Gasteiger partial charge < -0.3 is 10.1 Å². The number of rotatable bonds is 7. The van der Waals surface area contributed by atoms with Gasteiger partial charge in [0.05, 0.1) is 12.0 Å². The van der Waals surface area contributed by atoms with Gasteiger partial charge in [0.1, 0.15) is 0 Å². The molecule has 0 radical (unpaired) electrons. The van der Waals surface area contributed by atoms with Gasteiger partial charge in [-0.1, -0.05) is 0 Å². The van der Waals surface area contributed by atoms with Crippen LogP contribution in [-0.4, -0.2) is 43.1 Å². The predicted molar refractivity (Wildman–Crippen MR) is 73.8 cm³/mol. The van der Waals surface area contributed by atoms with Crippen LogP contribution in [0.3, 0.4) is 0 Å². The lowest BCUT2D eigenvalue weighted by molar-refractivity contribution is -0.122. The number of hydrogen-bond donors (Lipinski definition) is 1. The minimum atomic E-state index is -0.00798. The molecule has 0 aromatic carbocycles. The SMILES string of the molecule is COCC(Cl)CCNC(=O)CC1CCSCC1. The topological polar surface area (TPSA) is 38.3 Å². The molecule has 1 N–H and O–H groups in total. The summed E-state index contributed by atoms with van der Waals surface area (Å²) in [5.41, 5.74) is 0. The van der Waals surface area contributed by atoms with E-state index in [-0.39, 0.29) is 11.3 Å². The first kappa shape index (κ1) is 15.1. The summed E-state index contributed by atoms with van der Waals surface area (Å²) in [7, 11) is 1.63. The molecule has 0 aliphatic carbocycles. The lowest BCUT2D eigenvalue weighted by Gasteiger charge is -2.20. The Kier molecular flexibility index (Phi) is 8.06. The van der Waals surface area contributed by atoms with Crippen molar-refractivity contribution in [3.8, 4) is 0 Å². The van der Waals surface area contributed by atoms with Gasteiger partial charge in [-0.2, -0.15) is 11.8 Å². The fraction of sp³-hybridized carbons (Fsp3) is 0.917. The van der Waals surface area contributed by atoms with E-state index in [1.165, 1.54) is 24.3 Å². The highest BCUT2D eigenvalue weighted by molar-refractivity contribution is 7.99. The fourth-order valence-electron chi connectivity index (χ4n) is 1.92. The monoisotopic (exact) mass is 279 g/mol. The van der Waals surface area contributed by atoms with Crippen LogP contribution in [0.5, 0.6) is 0 Å². The number of halogens is 1. The normalized spacial score (nSPS) is 18.9. The zero-order valence-electron chi connectivity index (χ0n) is 10.4. The third-order valence-corrected chi connectivity index (χ3v) is 4.34. The van der Waals surface area contributed by atoms with Crippen LogP contribution in [0.25, 0.3) is 0 Å². The van der Waals surface area contributed by atoms with Crippen LogP contribution in [0.15, 0.2) is 0 Å². The van der Waals surface area contributed by atoms with E-state index in [1.54, 1.807) is 7.11 Å². The fourth-order valence-corrected chi connectivity index (χ4v) is 3.36. The number of methoxy groups -OCH3 is 1. The molecule has 1 aliphatic heterocycles. The lowest BCUT2D eigenvalue weighted by atomic mass is 9.98. The summed E-state index contributed by atoms with van der Waals surface area (Å²) in [5, 5.41) is 2.93. The Hall–Kier alpha value is 0.0700. The molecule has 1 unspecified atom stereocenters. The number of amides is 1. The van der Waals surface area contributed by atoms with Crippen LogP contribution in [0.4, 0.5) is 0 Å². The van der Waals surface area contributed by atoms with Crippen molar-refractivity contribution in [3.05, 3.63) is 0 Å². The van der Waals surface area contributed by atoms with Crippen molar-refractivity contribution in [1.82, 2.24) is 5.32 Å². The van der Waals surface area contributed by atoms with Crippen molar-refractivity contribution < 1.29 is 9.53 Å². The molecular weight excluding hydrogens is 258 g/mol. The van der Waals surface area contributed by atoms with E-state index in [9.17, 15) is 4.79 Å². The van der Waals surface area contributed by atoms with E-state index in [2.05, 4.69) is 5.32 Å². The molecule has 1 amide bonds. The van der Waals surface area contributed by atoms with E-state index in [0.717, 1.165) is 6.42 Å². The number of hydrogen-bond acceptors (Lipinski definition) is 3. The summed E-state index contributed by atoms with van der Waals surface area (Å²) in [6.07, 6.45) is 3.80. The Morgan fingerprint density at radius 1 is 1.53 bits per heavy atom. The number of alkyl halides is 1. The first-order valence-electron chi connectivity index (χ1n) is 6.19. The first-order chi connectivity index (χ1) is 8.22. The second-order valence-corrected chi connectivity index (χ2v) is 6.29. The lowest BCUT2D eigenvalue weighted by Crippen LogP contribution is -2.29. The van der Waals surface area contributed by atoms with Crippen LogP contribution in [0, 0.1) is 5.92 Å². The Morgan fingerprint density at radius 2 is 2.24 bits per heavy atom. The van der Waals surface area contributed by atoms with Gasteiger partial charge >= 0.3 is 0 Å². The summed E-state index contributed by atoms with van der Waals surface area (Å²) >= 11 is 7.97. The van der Waals surface area contributed by atoms with Gasteiger partial charge in [-0.25, -0.2) is 0 Å². The molecule has 0 bridgehead atoms. The van der Waals surface area contributed by atoms with Crippen LogP contribution < -0.4 is 5.32 Å². The predicted octanol–water partition coefficient (Wildman–Crippen LogP) is 2.28. The highest BCUT2D eigenvalue weighted by Gasteiger charge is 2.17. The van der Waals surface area contributed by atoms with Crippen LogP contribution in [0.1, 0.15) is 25.7 Å². The van der Waals surface area contributed by atoms with Gasteiger partial charge in [-0.05, 0) is 36.7 Å². The zero-order chi connectivity index (χ0) is 12.5. The van der Waals surface area contributed by atoms with Crippen LogP contribution in [-0.2, 0) is 9.53 Å². The molecule has 0 spiro atoms. The first-order valence-corrected chi connectivity index (χ1v) is 7.79. The maximum absolute atomic E-state index is 11.7. The average molecular weight is 280 g/mol. The summed E-state index contributed by atoms with van der Waals surface area (Å²) in [4.78, 5) is 11.7. The third-order valence-electron chi connectivity index (χ3n) is 2.94. The molecule has 1 fully saturated rings. The number of ether oxygens (including phenoxy) is 1. The van der Waals surface area contributed by atoms with Crippen molar-refractivity contribution in [2.75, 3.05) is 31.8 Å². The Bertz CT molecular complexity index is 223. The highest BCUT2D eigenvalue weighted by atomic mass is 35.5. The average Bonchev–Trinajstić information content (AvgIpc) is 2.30. The summed E-state index contributed by atoms with van der Waals surface area (Å²) in [6, 6.07) is 0. The minimum Gasteiger partial charge on any atom is -0.383 e. The van der Waals surface area contributed by atoms with Crippen molar-refractivity contribution in [3.63, 3.8) is 0 Å². The second kappa shape index (κ2) is 9.06. The van der Waals surface area contributed by atoms with E-state index in [4.69, 9.17) is 16.3 Å². The summed E-state index contributed by atoms with van der Waals surface area (Å²) in [6.45, 7) is 1.19. The zero-order valence-corrected chi connectivity index (χ0v) is 12.0. The number of carbonyl (C=O) groups is 1. The molecule has 1 atom stereocenters. The molecule has 0 aromatic heterocycles. The highest BCUT2D eigenvalue weighted by Crippen LogP contribution is 2.24. The molecule has 100 valence electrons. The molecular formula is C12H22ClNO2S. The summed E-state index contributed by atoms with van der Waals surface area (Å²) < 4.78 is 4.94. The number of carbonyl (C=O) groups excluding carboxylic acids is 1. The minimum absolute atomic E-state index is 0.00798. The maximum Gasteiger partial charge on any atom is 0.220 e. The molecule has 1 heterocycles. The molecule has 3 nitrogen and oxygen atoms in total. The van der Waals surface area contributed by atoms with E-state index in [1.807, 2.05) is 11.8 Å². The Morgan fingerprint density at radius 3 is 2.88 bits per heavy atom. The van der Waals surface area contributed by atoms with Gasteiger partial charge in [-0.3, -0.25) is 4.79 Å². The van der Waals surface area contributed by atoms with Gasteiger partial charge in [0, 0.05) is 20.1 Å². The Balaban J connectivity index is 2.04. The van der Waals surface area contributed by atoms with Crippen LogP contribution in [0.2, 0.25) is 0 Å².